The highest BCUT2D eigenvalue weighted by Gasteiger charge is 2.16. The highest BCUT2D eigenvalue weighted by Crippen LogP contribution is 2.27. The van der Waals surface area contributed by atoms with Crippen molar-refractivity contribution < 1.29 is 9.47 Å². The van der Waals surface area contributed by atoms with Crippen molar-refractivity contribution in [1.29, 1.82) is 0 Å². The summed E-state index contributed by atoms with van der Waals surface area (Å²) in [7, 11) is 1.65. The number of benzene rings is 2. The van der Waals surface area contributed by atoms with Gasteiger partial charge in [0.1, 0.15) is 0 Å². The highest BCUT2D eigenvalue weighted by atomic mass is 35.5. The summed E-state index contributed by atoms with van der Waals surface area (Å²) >= 11 is 6.27. The van der Waals surface area contributed by atoms with E-state index in [1.807, 2.05) is 49.5 Å². The first-order valence-corrected chi connectivity index (χ1v) is 9.63. The number of halogens is 1. The molecule has 0 aliphatic carbocycles. The van der Waals surface area contributed by atoms with Gasteiger partial charge in [-0.15, -0.1) is 0 Å². The third-order valence-corrected chi connectivity index (χ3v) is 4.93. The summed E-state index contributed by atoms with van der Waals surface area (Å²) in [5.74, 6) is 1.48. The van der Waals surface area contributed by atoms with Crippen molar-refractivity contribution in [2.24, 2.45) is 5.10 Å². The van der Waals surface area contributed by atoms with Gasteiger partial charge in [0.15, 0.2) is 11.5 Å². The summed E-state index contributed by atoms with van der Waals surface area (Å²) < 4.78 is 10.9. The molecule has 27 heavy (non-hydrogen) atoms. The van der Waals surface area contributed by atoms with Crippen molar-refractivity contribution in [2.75, 3.05) is 39.9 Å². The Morgan fingerprint density at radius 2 is 1.85 bits per heavy atom. The lowest BCUT2D eigenvalue weighted by molar-refractivity contribution is 0.131. The van der Waals surface area contributed by atoms with Crippen LogP contribution in [0.15, 0.2) is 47.6 Å². The topological polar surface area (TPSA) is 37.3 Å². The Labute approximate surface area is 166 Å². The van der Waals surface area contributed by atoms with Crippen LogP contribution in [0.2, 0.25) is 5.02 Å². The Hall–Kier alpha value is -2.24. The van der Waals surface area contributed by atoms with E-state index in [4.69, 9.17) is 21.1 Å². The van der Waals surface area contributed by atoms with Crippen LogP contribution >= 0.6 is 11.6 Å². The van der Waals surface area contributed by atoms with E-state index in [1.54, 1.807) is 7.11 Å². The summed E-state index contributed by atoms with van der Waals surface area (Å²) in [6.45, 7) is 7.18. The summed E-state index contributed by atoms with van der Waals surface area (Å²) in [4.78, 5) is 2.41. The molecule has 3 rings (SSSR count). The van der Waals surface area contributed by atoms with Gasteiger partial charge >= 0.3 is 0 Å². The van der Waals surface area contributed by atoms with E-state index in [2.05, 4.69) is 21.1 Å². The lowest BCUT2D eigenvalue weighted by Gasteiger charge is -2.33. The van der Waals surface area contributed by atoms with Crippen LogP contribution in [-0.4, -0.2) is 56.0 Å². The van der Waals surface area contributed by atoms with Gasteiger partial charge in [-0.3, -0.25) is 9.91 Å². The molecule has 1 saturated heterocycles. The van der Waals surface area contributed by atoms with E-state index < -0.39 is 0 Å². The molecule has 0 radical (unpaired) electrons. The van der Waals surface area contributed by atoms with Crippen LogP contribution in [0.4, 0.5) is 0 Å². The largest absolute Gasteiger partial charge is 0.493 e. The zero-order valence-electron chi connectivity index (χ0n) is 15.9. The minimum absolute atomic E-state index is 0.613. The Bertz CT molecular complexity index is 774. The van der Waals surface area contributed by atoms with Crippen molar-refractivity contribution in [3.8, 4) is 11.5 Å². The molecule has 144 valence electrons. The molecule has 0 N–H and O–H groups in total. The van der Waals surface area contributed by atoms with E-state index in [0.29, 0.717) is 6.61 Å². The number of ether oxygens (including phenoxy) is 2. The summed E-state index contributed by atoms with van der Waals surface area (Å²) in [5.41, 5.74) is 2.17. The average molecular weight is 388 g/mol. The molecule has 1 fully saturated rings. The normalized spacial score (nSPS) is 15.3. The minimum atomic E-state index is 0.613. The Morgan fingerprint density at radius 3 is 2.56 bits per heavy atom. The first-order valence-electron chi connectivity index (χ1n) is 9.25. The predicted molar refractivity (Wildman–Crippen MR) is 110 cm³/mol. The predicted octanol–water partition coefficient (Wildman–Crippen LogP) is 3.90. The van der Waals surface area contributed by atoms with E-state index in [-0.39, 0.29) is 0 Å². The van der Waals surface area contributed by atoms with E-state index in [9.17, 15) is 0 Å². The quantitative estimate of drug-likeness (QED) is 0.675. The third kappa shape index (κ3) is 5.37. The van der Waals surface area contributed by atoms with Crippen LogP contribution in [0.3, 0.4) is 0 Å². The number of methoxy groups -OCH3 is 1. The zero-order valence-corrected chi connectivity index (χ0v) is 16.7. The smallest absolute Gasteiger partial charge is 0.161 e. The molecule has 0 amide bonds. The van der Waals surface area contributed by atoms with Crippen molar-refractivity contribution in [2.45, 2.75) is 13.5 Å². The van der Waals surface area contributed by atoms with Crippen LogP contribution < -0.4 is 9.47 Å². The van der Waals surface area contributed by atoms with Crippen molar-refractivity contribution in [1.82, 2.24) is 9.91 Å². The second-order valence-electron chi connectivity index (χ2n) is 6.41. The van der Waals surface area contributed by atoms with Crippen LogP contribution in [0.5, 0.6) is 11.5 Å². The standard InChI is InChI=1S/C21H26ClN3O2/c1-3-27-20-9-8-17(14-21(20)26-2)15-23-25-12-10-24(11-13-25)16-18-6-4-5-7-19(18)22/h4-9,14-15H,3,10-13,16H2,1-2H3/b23-15-. The molecule has 2 aromatic carbocycles. The molecule has 0 saturated carbocycles. The van der Waals surface area contributed by atoms with Gasteiger partial charge in [0.05, 0.1) is 19.9 Å². The molecule has 1 aliphatic rings. The van der Waals surface area contributed by atoms with Gasteiger partial charge < -0.3 is 9.47 Å². The number of rotatable bonds is 7. The Morgan fingerprint density at radius 1 is 1.07 bits per heavy atom. The van der Waals surface area contributed by atoms with Crippen molar-refractivity contribution >= 4 is 17.8 Å². The Kier molecular flexibility index (Phi) is 6.96. The fourth-order valence-electron chi connectivity index (χ4n) is 3.07. The van der Waals surface area contributed by atoms with Gasteiger partial charge in [-0.25, -0.2) is 0 Å². The number of hydrogen-bond acceptors (Lipinski definition) is 5. The zero-order chi connectivity index (χ0) is 19.1. The molecule has 0 spiro atoms. The lowest BCUT2D eigenvalue weighted by Crippen LogP contribution is -2.43. The third-order valence-electron chi connectivity index (χ3n) is 4.56. The van der Waals surface area contributed by atoms with Crippen LogP contribution in [-0.2, 0) is 6.54 Å². The number of hydrogen-bond donors (Lipinski definition) is 0. The van der Waals surface area contributed by atoms with Gasteiger partial charge in [0.2, 0.25) is 0 Å². The number of piperazine rings is 1. The van der Waals surface area contributed by atoms with Gasteiger partial charge in [-0.05, 0) is 42.3 Å². The molecule has 0 atom stereocenters. The highest BCUT2D eigenvalue weighted by molar-refractivity contribution is 6.31. The van der Waals surface area contributed by atoms with E-state index in [1.165, 1.54) is 5.56 Å². The fourth-order valence-corrected chi connectivity index (χ4v) is 3.26. The summed E-state index contributed by atoms with van der Waals surface area (Å²) in [5, 5.41) is 7.56. The van der Waals surface area contributed by atoms with Gasteiger partial charge in [-0.2, -0.15) is 5.10 Å². The molecule has 0 unspecified atom stereocenters. The molecular weight excluding hydrogens is 362 g/mol. The molecule has 1 heterocycles. The average Bonchev–Trinajstić information content (AvgIpc) is 2.70. The second kappa shape index (κ2) is 9.62. The monoisotopic (exact) mass is 387 g/mol. The molecule has 6 heteroatoms. The maximum atomic E-state index is 6.27. The Balaban J connectivity index is 1.53. The first-order chi connectivity index (χ1) is 13.2. The molecular formula is C21H26ClN3O2. The van der Waals surface area contributed by atoms with Crippen molar-refractivity contribution in [3.05, 3.63) is 58.6 Å². The molecule has 0 aromatic heterocycles. The molecule has 2 aromatic rings. The fraction of sp³-hybridized carbons (Fsp3) is 0.381. The lowest BCUT2D eigenvalue weighted by atomic mass is 10.2. The van der Waals surface area contributed by atoms with Gasteiger partial charge in [0.25, 0.3) is 0 Å². The molecule has 0 bridgehead atoms. The minimum Gasteiger partial charge on any atom is -0.493 e. The van der Waals surface area contributed by atoms with Crippen LogP contribution in [0.1, 0.15) is 18.1 Å². The van der Waals surface area contributed by atoms with Crippen LogP contribution in [0, 0.1) is 0 Å². The maximum absolute atomic E-state index is 6.27. The summed E-state index contributed by atoms with van der Waals surface area (Å²) in [6, 6.07) is 13.9. The molecule has 1 aliphatic heterocycles. The SMILES string of the molecule is CCOc1ccc(/C=N\N2CCN(Cc3ccccc3Cl)CC2)cc1OC. The van der Waals surface area contributed by atoms with Gasteiger partial charge in [0, 0.05) is 37.7 Å². The van der Waals surface area contributed by atoms with Crippen LogP contribution in [0.25, 0.3) is 0 Å². The first kappa shape index (κ1) is 19.5. The number of nitrogens with zero attached hydrogens (tertiary/aromatic N) is 3. The van der Waals surface area contributed by atoms with Crippen molar-refractivity contribution in [3.63, 3.8) is 0 Å². The summed E-state index contributed by atoms with van der Waals surface area (Å²) in [6.07, 6.45) is 1.88. The molecule has 5 nitrogen and oxygen atoms in total. The second-order valence-corrected chi connectivity index (χ2v) is 6.82. The number of hydrazone groups is 1. The maximum Gasteiger partial charge on any atom is 0.161 e. The van der Waals surface area contributed by atoms with E-state index >= 15 is 0 Å². The van der Waals surface area contributed by atoms with Gasteiger partial charge in [-0.1, -0.05) is 29.8 Å². The van der Waals surface area contributed by atoms with E-state index in [0.717, 1.165) is 54.8 Å².